The highest BCUT2D eigenvalue weighted by atomic mass is 16.5. The summed E-state index contributed by atoms with van der Waals surface area (Å²) < 4.78 is 5.50. The third kappa shape index (κ3) is 8.27. The van der Waals surface area contributed by atoms with E-state index in [2.05, 4.69) is 22.9 Å². The fraction of sp³-hybridized carbons (Fsp3) is 0.333. The molecule has 0 aliphatic heterocycles. The van der Waals surface area contributed by atoms with Crippen molar-refractivity contribution in [2.24, 2.45) is 0 Å². The van der Waals surface area contributed by atoms with Crippen molar-refractivity contribution in [3.8, 4) is 5.75 Å². The lowest BCUT2D eigenvalue weighted by Gasteiger charge is -2.10. The van der Waals surface area contributed by atoms with Crippen LogP contribution in [0.3, 0.4) is 0 Å². The normalized spacial score (nSPS) is 10.1. The molecule has 3 amide bonds. The molecule has 144 valence electrons. The molecule has 6 heteroatoms. The summed E-state index contributed by atoms with van der Waals surface area (Å²) in [6.07, 6.45) is 4.44. The van der Waals surface area contributed by atoms with Gasteiger partial charge >= 0.3 is 6.03 Å². The summed E-state index contributed by atoms with van der Waals surface area (Å²) in [5, 5.41) is 8.36. The summed E-state index contributed by atoms with van der Waals surface area (Å²) in [6, 6.07) is 15.9. The Morgan fingerprint density at radius 3 is 2.44 bits per heavy atom. The third-order valence-corrected chi connectivity index (χ3v) is 3.84. The number of carbonyl (C=O) groups excluding carboxylic acids is 2. The number of unbranched alkanes of at least 4 members (excludes halogenated alkanes) is 3. The molecule has 2 aromatic rings. The number of carbonyl (C=O) groups is 2. The van der Waals surface area contributed by atoms with Crippen molar-refractivity contribution in [3.05, 3.63) is 54.6 Å². The maximum absolute atomic E-state index is 11.9. The molecule has 0 radical (unpaired) electrons. The second-order valence-electron chi connectivity index (χ2n) is 6.17. The first-order valence-corrected chi connectivity index (χ1v) is 9.30. The van der Waals surface area contributed by atoms with Gasteiger partial charge in [-0.15, -0.1) is 0 Å². The predicted molar refractivity (Wildman–Crippen MR) is 108 cm³/mol. The van der Waals surface area contributed by atoms with Gasteiger partial charge in [-0.2, -0.15) is 0 Å². The minimum atomic E-state index is -0.246. The van der Waals surface area contributed by atoms with Crippen molar-refractivity contribution < 1.29 is 14.3 Å². The van der Waals surface area contributed by atoms with Crippen LogP contribution in [0.4, 0.5) is 16.2 Å². The number of amides is 3. The van der Waals surface area contributed by atoms with Gasteiger partial charge in [-0.05, 0) is 30.7 Å². The van der Waals surface area contributed by atoms with E-state index >= 15 is 0 Å². The fourth-order valence-corrected chi connectivity index (χ4v) is 2.46. The summed E-state index contributed by atoms with van der Waals surface area (Å²) in [5.41, 5.74) is 1.33. The van der Waals surface area contributed by atoms with E-state index in [9.17, 15) is 9.59 Å². The maximum Gasteiger partial charge on any atom is 0.319 e. The quantitative estimate of drug-likeness (QED) is 0.543. The van der Waals surface area contributed by atoms with Gasteiger partial charge in [0.15, 0.2) is 6.61 Å². The van der Waals surface area contributed by atoms with E-state index < -0.39 is 0 Å². The van der Waals surface area contributed by atoms with Crippen LogP contribution >= 0.6 is 0 Å². The van der Waals surface area contributed by atoms with Gasteiger partial charge in [0.25, 0.3) is 5.91 Å². The van der Waals surface area contributed by atoms with E-state index in [4.69, 9.17) is 4.74 Å². The fourth-order valence-electron chi connectivity index (χ4n) is 2.46. The van der Waals surface area contributed by atoms with Crippen LogP contribution in [0.2, 0.25) is 0 Å². The lowest BCUT2D eigenvalue weighted by molar-refractivity contribution is -0.118. The van der Waals surface area contributed by atoms with Gasteiger partial charge in [0, 0.05) is 24.0 Å². The lowest BCUT2D eigenvalue weighted by Crippen LogP contribution is -2.29. The molecule has 0 aliphatic rings. The zero-order valence-electron chi connectivity index (χ0n) is 15.7. The number of hydrogen-bond acceptors (Lipinski definition) is 3. The molecule has 0 unspecified atom stereocenters. The number of nitrogens with one attached hydrogen (secondary N) is 3. The Balaban J connectivity index is 1.74. The van der Waals surface area contributed by atoms with Gasteiger partial charge < -0.3 is 20.7 Å². The predicted octanol–water partition coefficient (Wildman–Crippen LogP) is 4.41. The molecule has 27 heavy (non-hydrogen) atoms. The highest BCUT2D eigenvalue weighted by Gasteiger charge is 2.05. The molecule has 0 aliphatic carbocycles. The Kier molecular flexibility index (Phi) is 8.69. The maximum atomic E-state index is 11.9. The lowest BCUT2D eigenvalue weighted by atomic mass is 10.2. The molecule has 0 spiro atoms. The second-order valence-corrected chi connectivity index (χ2v) is 6.17. The van der Waals surface area contributed by atoms with Crippen LogP contribution in [0.15, 0.2) is 54.6 Å². The highest BCUT2D eigenvalue weighted by Crippen LogP contribution is 2.17. The Hall–Kier alpha value is -3.02. The smallest absolute Gasteiger partial charge is 0.319 e. The van der Waals surface area contributed by atoms with Crippen molar-refractivity contribution in [3.63, 3.8) is 0 Å². The van der Waals surface area contributed by atoms with Crippen molar-refractivity contribution in [1.82, 2.24) is 5.32 Å². The molecular formula is C21H27N3O3. The standard InChI is InChI=1S/C21H27N3O3/c1-2-3-4-8-14-22-21(26)24-18-12-9-13-19(15-18)27-16-20(25)23-17-10-6-5-7-11-17/h5-7,9-13,15H,2-4,8,14,16H2,1H3,(H,23,25)(H2,22,24,26). The highest BCUT2D eigenvalue weighted by molar-refractivity contribution is 5.92. The number of rotatable bonds is 10. The summed E-state index contributed by atoms with van der Waals surface area (Å²) in [6.45, 7) is 2.70. The average molecular weight is 369 g/mol. The number of benzene rings is 2. The SMILES string of the molecule is CCCCCCNC(=O)Nc1cccc(OCC(=O)Nc2ccccc2)c1. The molecule has 0 atom stereocenters. The molecule has 0 fully saturated rings. The van der Waals surface area contributed by atoms with E-state index in [1.807, 2.05) is 30.3 Å². The van der Waals surface area contributed by atoms with Crippen LogP contribution in [0.5, 0.6) is 5.75 Å². The molecule has 0 bridgehead atoms. The van der Waals surface area contributed by atoms with Crippen molar-refractivity contribution in [1.29, 1.82) is 0 Å². The van der Waals surface area contributed by atoms with E-state index in [1.54, 1.807) is 24.3 Å². The Labute approximate surface area is 160 Å². The molecular weight excluding hydrogens is 342 g/mol. The molecule has 0 heterocycles. The van der Waals surface area contributed by atoms with Gasteiger partial charge in [-0.25, -0.2) is 4.79 Å². The summed E-state index contributed by atoms with van der Waals surface area (Å²) >= 11 is 0. The topological polar surface area (TPSA) is 79.5 Å². The van der Waals surface area contributed by atoms with Crippen LogP contribution in [0, 0.1) is 0 Å². The van der Waals surface area contributed by atoms with Crippen LogP contribution < -0.4 is 20.7 Å². The van der Waals surface area contributed by atoms with E-state index in [0.717, 1.165) is 18.5 Å². The summed E-state index contributed by atoms with van der Waals surface area (Å²) in [5.74, 6) is 0.267. The number of urea groups is 1. The minimum absolute atomic E-state index is 0.109. The minimum Gasteiger partial charge on any atom is -0.484 e. The van der Waals surface area contributed by atoms with E-state index in [0.29, 0.717) is 18.0 Å². The summed E-state index contributed by atoms with van der Waals surface area (Å²) in [7, 11) is 0. The monoisotopic (exact) mass is 369 g/mol. The third-order valence-electron chi connectivity index (χ3n) is 3.84. The molecule has 0 saturated heterocycles. The average Bonchev–Trinajstić information content (AvgIpc) is 2.67. The molecule has 0 saturated carbocycles. The van der Waals surface area contributed by atoms with Crippen molar-refractivity contribution in [2.75, 3.05) is 23.8 Å². The van der Waals surface area contributed by atoms with Gasteiger partial charge in [-0.1, -0.05) is 50.5 Å². The zero-order chi connectivity index (χ0) is 19.3. The van der Waals surface area contributed by atoms with E-state index in [1.165, 1.54) is 12.8 Å². The molecule has 2 rings (SSSR count). The van der Waals surface area contributed by atoms with Crippen LogP contribution in [0.25, 0.3) is 0 Å². The first-order valence-electron chi connectivity index (χ1n) is 9.30. The van der Waals surface area contributed by atoms with Crippen LogP contribution in [0.1, 0.15) is 32.6 Å². The van der Waals surface area contributed by atoms with Crippen molar-refractivity contribution >= 4 is 23.3 Å². The zero-order valence-corrected chi connectivity index (χ0v) is 15.7. The number of hydrogen-bond donors (Lipinski definition) is 3. The first-order chi connectivity index (χ1) is 13.2. The van der Waals surface area contributed by atoms with Crippen LogP contribution in [-0.2, 0) is 4.79 Å². The Morgan fingerprint density at radius 2 is 1.67 bits per heavy atom. The largest absolute Gasteiger partial charge is 0.484 e. The summed E-state index contributed by atoms with van der Waals surface area (Å²) in [4.78, 5) is 23.8. The molecule has 3 N–H and O–H groups in total. The number of para-hydroxylation sites is 1. The number of ether oxygens (including phenoxy) is 1. The van der Waals surface area contributed by atoms with E-state index in [-0.39, 0.29) is 18.5 Å². The Morgan fingerprint density at radius 1 is 0.889 bits per heavy atom. The Bertz CT molecular complexity index is 720. The number of anilines is 2. The molecule has 0 aromatic heterocycles. The van der Waals surface area contributed by atoms with Gasteiger partial charge in [0.2, 0.25) is 0 Å². The van der Waals surface area contributed by atoms with Gasteiger partial charge in [-0.3, -0.25) is 4.79 Å². The molecule has 2 aromatic carbocycles. The van der Waals surface area contributed by atoms with Crippen LogP contribution in [-0.4, -0.2) is 25.1 Å². The second kappa shape index (κ2) is 11.6. The molecule has 6 nitrogen and oxygen atoms in total. The van der Waals surface area contributed by atoms with Crippen molar-refractivity contribution in [2.45, 2.75) is 32.6 Å². The first kappa shape index (κ1) is 20.3. The van der Waals surface area contributed by atoms with Gasteiger partial charge in [0.1, 0.15) is 5.75 Å². The van der Waals surface area contributed by atoms with Gasteiger partial charge in [0.05, 0.1) is 0 Å².